The zero-order chi connectivity index (χ0) is 14.9. The molecule has 1 N–H and O–H groups in total. The van der Waals surface area contributed by atoms with Crippen LogP contribution in [0.2, 0.25) is 5.02 Å². The fraction of sp³-hybridized carbons (Fsp3) is 0.562. The fourth-order valence-electron chi connectivity index (χ4n) is 2.81. The minimum atomic E-state index is -0.135. The molecule has 1 saturated carbocycles. The van der Waals surface area contributed by atoms with Gasteiger partial charge in [0.2, 0.25) is 0 Å². The molecule has 2 rings (SSSR count). The minimum Gasteiger partial charge on any atom is -0.507 e. The zero-order valence-corrected chi connectivity index (χ0v) is 13.1. The first kappa shape index (κ1) is 15.2. The summed E-state index contributed by atoms with van der Waals surface area (Å²) < 4.78 is 0. The number of benzene rings is 1. The van der Waals surface area contributed by atoms with Crippen molar-refractivity contribution in [3.05, 3.63) is 28.8 Å². The van der Waals surface area contributed by atoms with Crippen LogP contribution >= 0.6 is 11.6 Å². The van der Waals surface area contributed by atoms with Crippen molar-refractivity contribution in [3.8, 4) is 5.75 Å². The molecule has 0 spiro atoms. The summed E-state index contributed by atoms with van der Waals surface area (Å²) in [6.45, 7) is 4.55. The van der Waals surface area contributed by atoms with E-state index in [2.05, 4.69) is 13.8 Å². The summed E-state index contributed by atoms with van der Waals surface area (Å²) in [5.74, 6) is -0.186. The number of halogens is 1. The van der Waals surface area contributed by atoms with Gasteiger partial charge in [-0.2, -0.15) is 0 Å². The van der Waals surface area contributed by atoms with Crippen molar-refractivity contribution in [1.29, 1.82) is 0 Å². The topological polar surface area (TPSA) is 40.5 Å². The van der Waals surface area contributed by atoms with Gasteiger partial charge in [-0.25, -0.2) is 0 Å². The highest BCUT2D eigenvalue weighted by molar-refractivity contribution is 6.30. The van der Waals surface area contributed by atoms with Crippen LogP contribution in [0.3, 0.4) is 0 Å². The highest BCUT2D eigenvalue weighted by Crippen LogP contribution is 2.37. The number of phenols is 1. The number of aromatic hydroxyl groups is 1. The SMILES string of the molecule is CN(C(=O)c1ccc(Cl)cc1O)C1CCC(C)(C)CC1. The Morgan fingerprint density at radius 1 is 1.35 bits per heavy atom. The van der Waals surface area contributed by atoms with Crippen LogP contribution in [0, 0.1) is 5.41 Å². The number of hydrogen-bond acceptors (Lipinski definition) is 2. The van der Waals surface area contributed by atoms with Crippen LogP contribution < -0.4 is 0 Å². The number of carbonyl (C=O) groups excluding carboxylic acids is 1. The average molecular weight is 296 g/mol. The molecule has 0 saturated heterocycles. The molecule has 1 aromatic rings. The minimum absolute atomic E-state index is 0.0505. The van der Waals surface area contributed by atoms with E-state index in [0.717, 1.165) is 25.7 Å². The lowest BCUT2D eigenvalue weighted by Gasteiger charge is -2.38. The Hall–Kier alpha value is -1.22. The number of rotatable bonds is 2. The molecular weight excluding hydrogens is 274 g/mol. The van der Waals surface area contributed by atoms with Gasteiger partial charge >= 0.3 is 0 Å². The molecule has 110 valence electrons. The first-order chi connectivity index (χ1) is 9.30. The van der Waals surface area contributed by atoms with Gasteiger partial charge in [-0.15, -0.1) is 0 Å². The van der Waals surface area contributed by atoms with E-state index in [9.17, 15) is 9.90 Å². The molecule has 0 heterocycles. The fourth-order valence-corrected chi connectivity index (χ4v) is 2.98. The summed E-state index contributed by atoms with van der Waals surface area (Å²) in [4.78, 5) is 14.2. The van der Waals surface area contributed by atoms with E-state index in [1.54, 1.807) is 17.0 Å². The Morgan fingerprint density at radius 2 is 1.95 bits per heavy atom. The van der Waals surface area contributed by atoms with E-state index in [1.807, 2.05) is 7.05 Å². The molecule has 1 aliphatic carbocycles. The number of hydrogen-bond donors (Lipinski definition) is 1. The molecule has 1 amide bonds. The predicted molar refractivity (Wildman–Crippen MR) is 81.2 cm³/mol. The van der Waals surface area contributed by atoms with E-state index >= 15 is 0 Å². The molecule has 0 bridgehead atoms. The Balaban J connectivity index is 2.09. The standard InChI is InChI=1S/C16H22ClNO2/c1-16(2)8-6-12(7-9-16)18(3)15(20)13-5-4-11(17)10-14(13)19/h4-5,10,12,19H,6-9H2,1-3H3. The lowest BCUT2D eigenvalue weighted by Crippen LogP contribution is -2.40. The molecule has 3 nitrogen and oxygen atoms in total. The lowest BCUT2D eigenvalue weighted by atomic mass is 9.75. The van der Waals surface area contributed by atoms with Gasteiger partial charge < -0.3 is 10.0 Å². The van der Waals surface area contributed by atoms with Crippen molar-refractivity contribution in [1.82, 2.24) is 4.90 Å². The van der Waals surface area contributed by atoms with E-state index in [0.29, 0.717) is 16.0 Å². The summed E-state index contributed by atoms with van der Waals surface area (Å²) in [5.41, 5.74) is 0.699. The molecule has 4 heteroatoms. The van der Waals surface area contributed by atoms with E-state index < -0.39 is 0 Å². The molecule has 0 aliphatic heterocycles. The first-order valence-corrected chi connectivity index (χ1v) is 7.44. The van der Waals surface area contributed by atoms with Gasteiger partial charge in [0.15, 0.2) is 0 Å². The van der Waals surface area contributed by atoms with Crippen molar-refractivity contribution >= 4 is 17.5 Å². The molecule has 1 fully saturated rings. The largest absolute Gasteiger partial charge is 0.507 e. The molecule has 20 heavy (non-hydrogen) atoms. The molecule has 0 atom stereocenters. The monoisotopic (exact) mass is 295 g/mol. The van der Waals surface area contributed by atoms with Gasteiger partial charge in [-0.1, -0.05) is 25.4 Å². The van der Waals surface area contributed by atoms with Gasteiger partial charge in [0, 0.05) is 18.1 Å². The second kappa shape index (κ2) is 5.65. The Morgan fingerprint density at radius 3 is 2.50 bits per heavy atom. The van der Waals surface area contributed by atoms with Crippen LogP contribution in [-0.2, 0) is 0 Å². The highest BCUT2D eigenvalue weighted by atomic mass is 35.5. The number of amides is 1. The summed E-state index contributed by atoms with van der Waals surface area (Å²) in [6.07, 6.45) is 4.29. The lowest BCUT2D eigenvalue weighted by molar-refractivity contribution is 0.0632. The van der Waals surface area contributed by atoms with Crippen LogP contribution in [0.5, 0.6) is 5.75 Å². The maximum absolute atomic E-state index is 12.5. The summed E-state index contributed by atoms with van der Waals surface area (Å²) in [6, 6.07) is 4.88. The summed E-state index contributed by atoms with van der Waals surface area (Å²) in [7, 11) is 1.82. The number of nitrogens with zero attached hydrogens (tertiary/aromatic N) is 1. The van der Waals surface area contributed by atoms with Crippen molar-refractivity contribution in [2.75, 3.05) is 7.05 Å². The van der Waals surface area contributed by atoms with Crippen molar-refractivity contribution in [3.63, 3.8) is 0 Å². The molecule has 1 aliphatic rings. The molecule has 0 aromatic heterocycles. The van der Waals surface area contributed by atoms with Gasteiger partial charge in [0.25, 0.3) is 5.91 Å². The van der Waals surface area contributed by atoms with E-state index in [4.69, 9.17) is 11.6 Å². The highest BCUT2D eigenvalue weighted by Gasteiger charge is 2.31. The molecular formula is C16H22ClNO2. The normalized spacial score (nSPS) is 18.8. The van der Waals surface area contributed by atoms with Gasteiger partial charge in [-0.3, -0.25) is 4.79 Å². The molecule has 0 radical (unpaired) electrons. The van der Waals surface area contributed by atoms with Gasteiger partial charge in [0.1, 0.15) is 5.75 Å². The number of carbonyl (C=O) groups is 1. The second-order valence-corrected chi connectivity index (χ2v) is 6.91. The van der Waals surface area contributed by atoms with Crippen LogP contribution in [-0.4, -0.2) is 29.0 Å². The third-order valence-electron chi connectivity index (χ3n) is 4.37. The van der Waals surface area contributed by atoms with Crippen molar-refractivity contribution in [2.24, 2.45) is 5.41 Å². The zero-order valence-electron chi connectivity index (χ0n) is 12.3. The smallest absolute Gasteiger partial charge is 0.257 e. The molecule has 1 aromatic carbocycles. The maximum Gasteiger partial charge on any atom is 0.257 e. The van der Waals surface area contributed by atoms with Crippen LogP contribution in [0.4, 0.5) is 0 Å². The number of phenolic OH excluding ortho intramolecular Hbond substituents is 1. The van der Waals surface area contributed by atoms with Crippen LogP contribution in [0.25, 0.3) is 0 Å². The first-order valence-electron chi connectivity index (χ1n) is 7.06. The van der Waals surface area contributed by atoms with Crippen molar-refractivity contribution < 1.29 is 9.90 Å². The third kappa shape index (κ3) is 3.26. The van der Waals surface area contributed by atoms with Crippen molar-refractivity contribution in [2.45, 2.75) is 45.6 Å². The Bertz CT molecular complexity index is 503. The van der Waals surface area contributed by atoms with Crippen LogP contribution in [0.1, 0.15) is 49.9 Å². The Kier molecular flexibility index (Phi) is 4.28. The predicted octanol–water partition coefficient (Wildman–Crippen LogP) is 4.09. The van der Waals surface area contributed by atoms with Gasteiger partial charge in [0.05, 0.1) is 5.56 Å². The van der Waals surface area contributed by atoms with Crippen LogP contribution in [0.15, 0.2) is 18.2 Å². The Labute approximate surface area is 125 Å². The van der Waals surface area contributed by atoms with E-state index in [-0.39, 0.29) is 17.7 Å². The van der Waals surface area contributed by atoms with Gasteiger partial charge in [-0.05, 0) is 49.3 Å². The summed E-state index contributed by atoms with van der Waals surface area (Å²) >= 11 is 5.80. The molecule has 0 unspecified atom stereocenters. The maximum atomic E-state index is 12.5. The summed E-state index contributed by atoms with van der Waals surface area (Å²) in [5, 5.41) is 10.3. The second-order valence-electron chi connectivity index (χ2n) is 6.47. The average Bonchev–Trinajstić information content (AvgIpc) is 2.37. The van der Waals surface area contributed by atoms with E-state index in [1.165, 1.54) is 6.07 Å². The third-order valence-corrected chi connectivity index (χ3v) is 4.60. The quantitative estimate of drug-likeness (QED) is 0.893.